The first-order valence-corrected chi connectivity index (χ1v) is 9.56. The first-order chi connectivity index (χ1) is 13.6. The molecule has 0 radical (unpaired) electrons. The molecule has 0 fully saturated rings. The average Bonchev–Trinajstić information content (AvgIpc) is 2.70. The molecule has 0 aliphatic carbocycles. The summed E-state index contributed by atoms with van der Waals surface area (Å²) in [5.41, 5.74) is 2.31. The molecular formula is C22H30N4O2. The van der Waals surface area contributed by atoms with Gasteiger partial charge in [-0.25, -0.2) is 0 Å². The molecule has 2 aromatic rings. The topological polar surface area (TPSA) is 74.8 Å². The van der Waals surface area contributed by atoms with Crippen molar-refractivity contribution in [1.82, 2.24) is 16.0 Å². The molecule has 150 valence electrons. The summed E-state index contributed by atoms with van der Waals surface area (Å²) in [5, 5.41) is 9.11. The second-order valence-electron chi connectivity index (χ2n) is 6.59. The molecule has 0 spiro atoms. The zero-order chi connectivity index (χ0) is 20.2. The van der Waals surface area contributed by atoms with E-state index in [4.69, 9.17) is 4.74 Å². The maximum Gasteiger partial charge on any atom is 0.239 e. The van der Waals surface area contributed by atoms with Gasteiger partial charge in [0, 0.05) is 13.6 Å². The Labute approximate surface area is 167 Å². The van der Waals surface area contributed by atoms with Crippen LogP contribution in [0.4, 0.5) is 0 Å². The van der Waals surface area contributed by atoms with Gasteiger partial charge in [-0.2, -0.15) is 0 Å². The van der Waals surface area contributed by atoms with Gasteiger partial charge in [0.25, 0.3) is 0 Å². The van der Waals surface area contributed by atoms with Crippen molar-refractivity contribution in [2.45, 2.75) is 26.4 Å². The lowest BCUT2D eigenvalue weighted by atomic mass is 10.1. The van der Waals surface area contributed by atoms with E-state index >= 15 is 0 Å². The van der Waals surface area contributed by atoms with Crippen LogP contribution in [0.3, 0.4) is 0 Å². The van der Waals surface area contributed by atoms with Crippen molar-refractivity contribution in [3.8, 4) is 5.75 Å². The van der Waals surface area contributed by atoms with Crippen LogP contribution < -0.4 is 20.7 Å². The predicted octanol–water partition coefficient (Wildman–Crippen LogP) is 2.29. The van der Waals surface area contributed by atoms with Crippen molar-refractivity contribution < 1.29 is 9.53 Å². The summed E-state index contributed by atoms with van der Waals surface area (Å²) in [6.07, 6.45) is 0.771. The fourth-order valence-electron chi connectivity index (χ4n) is 2.63. The minimum atomic E-state index is -0.0666. The third-order valence-corrected chi connectivity index (χ3v) is 4.20. The summed E-state index contributed by atoms with van der Waals surface area (Å²) in [6.45, 7) is 5.36. The first kappa shape index (κ1) is 21.3. The first-order valence-electron chi connectivity index (χ1n) is 9.56. The number of para-hydroxylation sites is 1. The third kappa shape index (κ3) is 7.70. The van der Waals surface area contributed by atoms with E-state index in [1.807, 2.05) is 56.3 Å². The summed E-state index contributed by atoms with van der Waals surface area (Å²) in [4.78, 5) is 16.1. The number of nitrogens with one attached hydrogen (secondary N) is 3. The Hall–Kier alpha value is -3.02. The molecule has 1 amide bonds. The smallest absolute Gasteiger partial charge is 0.239 e. The summed E-state index contributed by atoms with van der Waals surface area (Å²) in [6, 6.07) is 18.0. The molecule has 2 rings (SSSR count). The normalized spacial score (nSPS) is 12.2. The van der Waals surface area contributed by atoms with E-state index in [1.165, 1.54) is 5.56 Å². The molecule has 0 aromatic heterocycles. The van der Waals surface area contributed by atoms with Gasteiger partial charge in [0.1, 0.15) is 11.9 Å². The monoisotopic (exact) mass is 382 g/mol. The lowest BCUT2D eigenvalue weighted by molar-refractivity contribution is -0.119. The van der Waals surface area contributed by atoms with Crippen LogP contribution in [-0.4, -0.2) is 44.7 Å². The van der Waals surface area contributed by atoms with Gasteiger partial charge in [0.2, 0.25) is 5.91 Å². The molecule has 2 aromatic carbocycles. The Kier molecular flexibility index (Phi) is 8.85. The maximum atomic E-state index is 12.0. The second kappa shape index (κ2) is 11.6. The number of aliphatic imine (C=N–C) groups is 1. The minimum Gasteiger partial charge on any atom is -0.489 e. The molecular weight excluding hydrogens is 352 g/mol. The van der Waals surface area contributed by atoms with E-state index < -0.39 is 0 Å². The van der Waals surface area contributed by atoms with Crippen LogP contribution in [0.25, 0.3) is 0 Å². The molecule has 0 saturated carbocycles. The number of amides is 1. The molecule has 0 aliphatic heterocycles. The molecule has 0 bridgehead atoms. The summed E-state index contributed by atoms with van der Waals surface area (Å²) in [5.74, 6) is 1.37. The number of benzene rings is 2. The average molecular weight is 383 g/mol. The zero-order valence-corrected chi connectivity index (χ0v) is 16.9. The van der Waals surface area contributed by atoms with E-state index in [0.29, 0.717) is 19.0 Å². The number of hydrogen-bond acceptors (Lipinski definition) is 3. The number of aryl methyl sites for hydroxylation is 1. The lowest BCUT2D eigenvalue weighted by Gasteiger charge is -2.18. The highest BCUT2D eigenvalue weighted by molar-refractivity contribution is 5.86. The van der Waals surface area contributed by atoms with Crippen LogP contribution in [0.15, 0.2) is 59.6 Å². The van der Waals surface area contributed by atoms with Crippen LogP contribution in [0.1, 0.15) is 18.1 Å². The van der Waals surface area contributed by atoms with Crippen LogP contribution in [0.2, 0.25) is 0 Å². The lowest BCUT2D eigenvalue weighted by Crippen LogP contribution is -2.45. The van der Waals surface area contributed by atoms with Crippen molar-refractivity contribution in [3.63, 3.8) is 0 Å². The van der Waals surface area contributed by atoms with Gasteiger partial charge in [-0.15, -0.1) is 0 Å². The van der Waals surface area contributed by atoms with Gasteiger partial charge in [-0.05, 0) is 37.5 Å². The number of carbonyl (C=O) groups excluding carboxylic acids is 1. The molecule has 1 unspecified atom stereocenters. The van der Waals surface area contributed by atoms with Crippen molar-refractivity contribution in [3.05, 3.63) is 65.7 Å². The van der Waals surface area contributed by atoms with Gasteiger partial charge in [-0.3, -0.25) is 9.79 Å². The van der Waals surface area contributed by atoms with Crippen molar-refractivity contribution >= 4 is 11.9 Å². The van der Waals surface area contributed by atoms with Gasteiger partial charge in [0.15, 0.2) is 5.96 Å². The van der Waals surface area contributed by atoms with Gasteiger partial charge in [0.05, 0.1) is 13.1 Å². The zero-order valence-electron chi connectivity index (χ0n) is 16.9. The standard InChI is InChI=1S/C22H30N4O2/c1-17-9-7-8-12-20(17)28-18(2)15-25-22(23-3)26-16-21(27)24-14-13-19-10-5-4-6-11-19/h4-12,18H,13-16H2,1-3H3,(H,24,27)(H2,23,25,26). The number of guanidine groups is 1. The molecule has 0 heterocycles. The fraction of sp³-hybridized carbons (Fsp3) is 0.364. The molecule has 6 heteroatoms. The van der Waals surface area contributed by atoms with Crippen molar-refractivity contribution in [2.24, 2.45) is 4.99 Å². The third-order valence-electron chi connectivity index (χ3n) is 4.20. The summed E-state index contributed by atoms with van der Waals surface area (Å²) < 4.78 is 5.94. The number of ether oxygens (including phenoxy) is 1. The molecule has 6 nitrogen and oxygen atoms in total. The number of nitrogens with zero attached hydrogens (tertiary/aromatic N) is 1. The Morgan fingerprint density at radius 3 is 2.46 bits per heavy atom. The van der Waals surface area contributed by atoms with E-state index in [2.05, 4.69) is 33.1 Å². The molecule has 0 saturated heterocycles. The minimum absolute atomic E-state index is 0.0423. The fourth-order valence-corrected chi connectivity index (χ4v) is 2.63. The highest BCUT2D eigenvalue weighted by Crippen LogP contribution is 2.17. The quantitative estimate of drug-likeness (QED) is 0.459. The van der Waals surface area contributed by atoms with E-state index in [9.17, 15) is 4.79 Å². The molecule has 3 N–H and O–H groups in total. The van der Waals surface area contributed by atoms with E-state index in [1.54, 1.807) is 7.05 Å². The van der Waals surface area contributed by atoms with Crippen LogP contribution in [0.5, 0.6) is 5.75 Å². The summed E-state index contributed by atoms with van der Waals surface area (Å²) >= 11 is 0. The largest absolute Gasteiger partial charge is 0.489 e. The number of hydrogen-bond donors (Lipinski definition) is 3. The van der Waals surface area contributed by atoms with E-state index in [0.717, 1.165) is 17.7 Å². The Balaban J connectivity index is 1.65. The Morgan fingerprint density at radius 2 is 1.75 bits per heavy atom. The van der Waals surface area contributed by atoms with Gasteiger partial charge in [-0.1, -0.05) is 48.5 Å². The highest BCUT2D eigenvalue weighted by Gasteiger charge is 2.08. The van der Waals surface area contributed by atoms with Gasteiger partial charge >= 0.3 is 0 Å². The molecule has 0 aliphatic rings. The van der Waals surface area contributed by atoms with Crippen LogP contribution in [-0.2, 0) is 11.2 Å². The highest BCUT2D eigenvalue weighted by atomic mass is 16.5. The number of rotatable bonds is 9. The van der Waals surface area contributed by atoms with Gasteiger partial charge < -0.3 is 20.7 Å². The molecule has 28 heavy (non-hydrogen) atoms. The SMILES string of the molecule is CN=C(NCC(=O)NCCc1ccccc1)NCC(C)Oc1ccccc1C. The van der Waals surface area contributed by atoms with Crippen molar-refractivity contribution in [1.29, 1.82) is 0 Å². The van der Waals surface area contributed by atoms with Crippen LogP contribution >= 0.6 is 0 Å². The Morgan fingerprint density at radius 1 is 1.04 bits per heavy atom. The van der Waals surface area contributed by atoms with Crippen LogP contribution in [0, 0.1) is 6.92 Å². The molecule has 1 atom stereocenters. The number of carbonyl (C=O) groups is 1. The maximum absolute atomic E-state index is 12.0. The Bertz CT molecular complexity index is 762. The van der Waals surface area contributed by atoms with Crippen molar-refractivity contribution in [2.75, 3.05) is 26.7 Å². The predicted molar refractivity (Wildman–Crippen MR) is 114 cm³/mol. The second-order valence-corrected chi connectivity index (χ2v) is 6.59. The summed E-state index contributed by atoms with van der Waals surface area (Å²) in [7, 11) is 1.68. The van der Waals surface area contributed by atoms with E-state index in [-0.39, 0.29) is 18.6 Å².